The number of carbonyl (C=O) groups is 1. The Morgan fingerprint density at radius 2 is 1.76 bits per heavy atom. The van der Waals surface area contributed by atoms with E-state index in [9.17, 15) is 0 Å². The first kappa shape index (κ1) is 23.0. The number of nitrogens with one attached hydrogen (secondary N) is 1. The molecule has 0 spiro atoms. The van der Waals surface area contributed by atoms with Crippen LogP contribution in [-0.2, 0) is 9.63 Å². The molecule has 1 amide bonds. The molecule has 1 heterocycles. The van der Waals surface area contributed by atoms with Crippen LogP contribution in [0.4, 0.5) is 11.4 Å². The summed E-state index contributed by atoms with van der Waals surface area (Å²) >= 11 is 0. The van der Waals surface area contributed by atoms with E-state index in [1.54, 1.807) is 0 Å². The first-order chi connectivity index (χ1) is 12.0. The second-order valence-corrected chi connectivity index (χ2v) is 6.06. The highest BCUT2D eigenvalue weighted by molar-refractivity contribution is 5.54. The minimum Gasteiger partial charge on any atom is -0.372 e. The summed E-state index contributed by atoms with van der Waals surface area (Å²) in [5.41, 5.74) is 10.8. The van der Waals surface area contributed by atoms with Gasteiger partial charge in [0.25, 0.3) is 0 Å². The summed E-state index contributed by atoms with van der Waals surface area (Å²) < 4.78 is 0. The first-order valence-corrected chi connectivity index (χ1v) is 9.05. The number of hydrogen-bond acceptors (Lipinski definition) is 4. The zero-order valence-electron chi connectivity index (χ0n) is 16.4. The van der Waals surface area contributed by atoms with Crippen molar-refractivity contribution < 1.29 is 9.63 Å². The van der Waals surface area contributed by atoms with Crippen LogP contribution >= 0.6 is 0 Å². The van der Waals surface area contributed by atoms with Gasteiger partial charge in [-0.1, -0.05) is 26.0 Å². The van der Waals surface area contributed by atoms with Crippen molar-refractivity contribution in [3.05, 3.63) is 36.4 Å². The summed E-state index contributed by atoms with van der Waals surface area (Å²) in [4.78, 5) is 16.4. The van der Waals surface area contributed by atoms with E-state index in [0.29, 0.717) is 5.92 Å². The van der Waals surface area contributed by atoms with Crippen LogP contribution < -0.4 is 16.1 Å². The molecule has 0 radical (unpaired) electrons. The number of primary amides is 1. The van der Waals surface area contributed by atoms with Crippen molar-refractivity contribution >= 4 is 17.8 Å². The molecule has 1 aliphatic heterocycles. The first-order valence-electron chi connectivity index (χ1n) is 9.05. The Kier molecular flexibility index (Phi) is 12.2. The van der Waals surface area contributed by atoms with E-state index in [1.807, 2.05) is 27.7 Å². The molecule has 1 aromatic rings. The largest absolute Gasteiger partial charge is 0.372 e. The Balaban J connectivity index is 0.00000104. The van der Waals surface area contributed by atoms with Crippen molar-refractivity contribution in [1.82, 2.24) is 0 Å². The summed E-state index contributed by atoms with van der Waals surface area (Å²) in [6, 6.07) is 8.46. The lowest BCUT2D eigenvalue weighted by molar-refractivity contribution is -0.106. The molecule has 0 saturated carbocycles. The topological polar surface area (TPSA) is 67.6 Å². The van der Waals surface area contributed by atoms with E-state index >= 15 is 0 Å². The fraction of sp³-hybridized carbons (Fsp3) is 0.550. The molecule has 5 nitrogen and oxygen atoms in total. The molecule has 0 unspecified atom stereocenters. The van der Waals surface area contributed by atoms with Gasteiger partial charge in [-0.05, 0) is 63.8 Å². The number of piperidine rings is 1. The van der Waals surface area contributed by atoms with Crippen LogP contribution in [0.15, 0.2) is 36.4 Å². The van der Waals surface area contributed by atoms with Gasteiger partial charge in [0, 0.05) is 18.8 Å². The van der Waals surface area contributed by atoms with Gasteiger partial charge >= 0.3 is 0 Å². The third-order valence-corrected chi connectivity index (χ3v) is 3.84. The van der Waals surface area contributed by atoms with Crippen LogP contribution in [0.2, 0.25) is 0 Å². The Bertz CT molecular complexity index is 478. The summed E-state index contributed by atoms with van der Waals surface area (Å²) in [6.45, 7) is 16.5. The number of anilines is 2. The lowest BCUT2D eigenvalue weighted by atomic mass is 9.91. The predicted molar refractivity (Wildman–Crippen MR) is 108 cm³/mol. The van der Waals surface area contributed by atoms with Gasteiger partial charge in [0.05, 0.1) is 11.8 Å². The highest BCUT2D eigenvalue weighted by Crippen LogP contribution is 2.27. The molecule has 5 heteroatoms. The van der Waals surface area contributed by atoms with Crippen LogP contribution in [0.1, 0.15) is 47.5 Å². The number of nitrogens with two attached hydrogens (primary N) is 1. The molecule has 25 heavy (non-hydrogen) atoms. The Labute approximate surface area is 153 Å². The maximum absolute atomic E-state index is 8.58. The van der Waals surface area contributed by atoms with Gasteiger partial charge < -0.3 is 10.6 Å². The SMILES string of the molecule is C=C(C)C1CCN(c2ccc(NOC(C)C)cc2)CC1.CC.NC=O. The van der Waals surface area contributed by atoms with E-state index < -0.39 is 0 Å². The molecule has 0 bridgehead atoms. The van der Waals surface area contributed by atoms with Crippen molar-refractivity contribution in [2.75, 3.05) is 23.5 Å². The highest BCUT2D eigenvalue weighted by atomic mass is 16.7. The van der Waals surface area contributed by atoms with E-state index in [-0.39, 0.29) is 12.5 Å². The highest BCUT2D eigenvalue weighted by Gasteiger charge is 2.19. The van der Waals surface area contributed by atoms with Crippen molar-refractivity contribution in [3.8, 4) is 0 Å². The zero-order chi connectivity index (χ0) is 19.2. The molecule has 0 aromatic heterocycles. The molecular weight excluding hydrogens is 314 g/mol. The number of carbonyl (C=O) groups excluding carboxylic acids is 1. The fourth-order valence-corrected chi connectivity index (χ4v) is 2.56. The molecule has 0 aliphatic carbocycles. The summed E-state index contributed by atoms with van der Waals surface area (Å²) in [5, 5.41) is 0. The number of benzene rings is 1. The van der Waals surface area contributed by atoms with Crippen molar-refractivity contribution in [3.63, 3.8) is 0 Å². The molecule has 0 atom stereocenters. The smallest absolute Gasteiger partial charge is 0.204 e. The minimum absolute atomic E-state index is 0.177. The molecule has 1 aromatic carbocycles. The molecular formula is C20H35N3O2. The second-order valence-electron chi connectivity index (χ2n) is 6.06. The van der Waals surface area contributed by atoms with Gasteiger partial charge in [-0.2, -0.15) is 0 Å². The van der Waals surface area contributed by atoms with Crippen LogP contribution in [-0.4, -0.2) is 25.6 Å². The van der Waals surface area contributed by atoms with Crippen LogP contribution in [0.3, 0.4) is 0 Å². The number of hydrogen-bond donors (Lipinski definition) is 2. The van der Waals surface area contributed by atoms with Crippen molar-refractivity contribution in [1.29, 1.82) is 0 Å². The average molecular weight is 350 g/mol. The second kappa shape index (κ2) is 13.3. The van der Waals surface area contributed by atoms with Crippen molar-refractivity contribution in [2.45, 2.75) is 53.6 Å². The van der Waals surface area contributed by atoms with Crippen molar-refractivity contribution in [2.24, 2.45) is 11.7 Å². The monoisotopic (exact) mass is 349 g/mol. The summed E-state index contributed by atoms with van der Waals surface area (Å²) in [7, 11) is 0. The van der Waals surface area contributed by atoms with E-state index in [4.69, 9.17) is 9.63 Å². The Morgan fingerprint density at radius 3 is 2.16 bits per heavy atom. The fourth-order valence-electron chi connectivity index (χ4n) is 2.56. The predicted octanol–water partition coefficient (Wildman–Crippen LogP) is 4.36. The number of rotatable bonds is 5. The van der Waals surface area contributed by atoms with E-state index in [2.05, 4.69) is 53.9 Å². The number of nitrogens with zero attached hydrogens (tertiary/aromatic N) is 1. The Morgan fingerprint density at radius 1 is 1.28 bits per heavy atom. The molecule has 1 fully saturated rings. The van der Waals surface area contributed by atoms with Gasteiger partial charge in [0.15, 0.2) is 0 Å². The summed E-state index contributed by atoms with van der Waals surface area (Å²) in [6.07, 6.45) is 2.85. The molecule has 2 rings (SSSR count). The molecule has 142 valence electrons. The Hall–Kier alpha value is -2.01. The third-order valence-electron chi connectivity index (χ3n) is 3.84. The normalized spacial score (nSPS) is 13.9. The molecule has 3 N–H and O–H groups in total. The summed E-state index contributed by atoms with van der Waals surface area (Å²) in [5.74, 6) is 0.701. The maximum Gasteiger partial charge on any atom is 0.204 e. The van der Waals surface area contributed by atoms with E-state index in [1.165, 1.54) is 24.1 Å². The van der Waals surface area contributed by atoms with Crippen LogP contribution in [0, 0.1) is 5.92 Å². The number of allylic oxidation sites excluding steroid dienone is 1. The lowest BCUT2D eigenvalue weighted by Crippen LogP contribution is -2.33. The molecule has 1 saturated heterocycles. The maximum atomic E-state index is 8.58. The third kappa shape index (κ3) is 9.15. The minimum atomic E-state index is 0.177. The quantitative estimate of drug-likeness (QED) is 0.471. The van der Waals surface area contributed by atoms with E-state index in [0.717, 1.165) is 18.8 Å². The van der Waals surface area contributed by atoms with Crippen LogP contribution in [0.5, 0.6) is 0 Å². The zero-order valence-corrected chi connectivity index (χ0v) is 16.4. The average Bonchev–Trinajstić information content (AvgIpc) is 2.63. The number of amides is 1. The lowest BCUT2D eigenvalue weighted by Gasteiger charge is -2.34. The molecule has 1 aliphatic rings. The van der Waals surface area contributed by atoms with Gasteiger partial charge in [0.2, 0.25) is 6.41 Å². The van der Waals surface area contributed by atoms with Gasteiger partial charge in [-0.15, -0.1) is 0 Å². The van der Waals surface area contributed by atoms with Gasteiger partial charge in [-0.25, -0.2) is 0 Å². The van der Waals surface area contributed by atoms with Gasteiger partial charge in [0.1, 0.15) is 0 Å². The van der Waals surface area contributed by atoms with Crippen LogP contribution in [0.25, 0.3) is 0 Å². The standard InChI is InChI=1S/C17H26N2O.C2H6.CH3NO/c1-13(2)15-9-11-19(12-10-15)17-7-5-16(6-8-17)18-20-14(3)4;1-2;2-1-3/h5-8,14-15,18H,1,9-12H2,2-4H3;1-2H3;1H,(H2,2,3). The van der Waals surface area contributed by atoms with Gasteiger partial charge in [-0.3, -0.25) is 15.1 Å².